The molecule has 5 rings (SSSR count). The fraction of sp³-hybridized carbons (Fsp3) is 0.650. The first kappa shape index (κ1) is 20.3. The van der Waals surface area contributed by atoms with Crippen molar-refractivity contribution in [2.24, 2.45) is 23.2 Å². The third kappa shape index (κ3) is 4.02. The summed E-state index contributed by atoms with van der Waals surface area (Å²) in [7, 11) is -2.67. The highest BCUT2D eigenvalue weighted by molar-refractivity contribution is 7.89. The fourth-order valence-electron chi connectivity index (χ4n) is 6.07. The van der Waals surface area contributed by atoms with Crippen molar-refractivity contribution in [3.05, 3.63) is 34.4 Å². The molecule has 1 amide bonds. The molecule has 0 aliphatic heterocycles. The number of benzene rings is 1. The van der Waals surface area contributed by atoms with Crippen LogP contribution in [0.25, 0.3) is 0 Å². The number of carbonyl (C=O) groups is 1. The Balaban J connectivity index is 1.37. The molecule has 0 heterocycles. The molecule has 4 aliphatic carbocycles. The maximum Gasteiger partial charge on any atom is 0.270 e. The number of rotatable bonds is 7. The summed E-state index contributed by atoms with van der Waals surface area (Å²) in [4.78, 5) is 22.5. The zero-order chi connectivity index (χ0) is 20.8. The molecule has 9 heteroatoms. The lowest BCUT2D eigenvalue weighted by Crippen LogP contribution is -2.52. The fourth-order valence-corrected chi connectivity index (χ4v) is 7.24. The van der Waals surface area contributed by atoms with E-state index in [0.717, 1.165) is 28.1 Å². The first-order chi connectivity index (χ1) is 13.7. The van der Waals surface area contributed by atoms with Crippen LogP contribution in [0.2, 0.25) is 0 Å². The van der Waals surface area contributed by atoms with Crippen LogP contribution in [0.4, 0.5) is 5.69 Å². The Hall–Kier alpha value is -2.00. The second kappa shape index (κ2) is 7.36. The van der Waals surface area contributed by atoms with Crippen molar-refractivity contribution in [1.82, 2.24) is 9.62 Å². The lowest BCUT2D eigenvalue weighted by molar-refractivity contribution is -0.385. The summed E-state index contributed by atoms with van der Waals surface area (Å²) in [6.07, 6.45) is 7.50. The molecule has 4 aliphatic rings. The van der Waals surface area contributed by atoms with Crippen LogP contribution in [-0.2, 0) is 14.8 Å². The highest BCUT2D eigenvalue weighted by atomic mass is 32.2. The van der Waals surface area contributed by atoms with E-state index in [2.05, 4.69) is 5.32 Å². The van der Waals surface area contributed by atoms with Crippen molar-refractivity contribution >= 4 is 21.6 Å². The minimum Gasteiger partial charge on any atom is -0.354 e. The Kier molecular flexibility index (Phi) is 5.14. The van der Waals surface area contributed by atoms with Gasteiger partial charge in [-0.25, -0.2) is 8.42 Å². The molecule has 29 heavy (non-hydrogen) atoms. The van der Waals surface area contributed by atoms with Gasteiger partial charge in [0.05, 0.1) is 16.4 Å². The predicted molar refractivity (Wildman–Crippen MR) is 107 cm³/mol. The van der Waals surface area contributed by atoms with Gasteiger partial charge in [0.25, 0.3) is 5.69 Å². The molecule has 0 spiro atoms. The third-order valence-corrected chi connectivity index (χ3v) is 8.73. The minimum absolute atomic E-state index is 0.182. The monoisotopic (exact) mass is 421 g/mol. The highest BCUT2D eigenvalue weighted by Gasteiger charge is 2.50. The van der Waals surface area contributed by atoms with Gasteiger partial charge in [0.1, 0.15) is 0 Å². The van der Waals surface area contributed by atoms with Gasteiger partial charge in [-0.2, -0.15) is 4.31 Å². The summed E-state index contributed by atoms with van der Waals surface area (Å²) in [6.45, 7) is 0.303. The molecule has 4 saturated carbocycles. The highest BCUT2D eigenvalue weighted by Crippen LogP contribution is 2.59. The molecule has 1 aromatic rings. The predicted octanol–water partition coefficient (Wildman–Crippen LogP) is 2.55. The van der Waals surface area contributed by atoms with Gasteiger partial charge in [-0.05, 0) is 67.8 Å². The van der Waals surface area contributed by atoms with E-state index in [-0.39, 0.29) is 28.4 Å². The molecule has 0 unspecified atom stereocenters. The van der Waals surface area contributed by atoms with E-state index in [0.29, 0.717) is 6.54 Å². The third-order valence-electron chi connectivity index (χ3n) is 6.93. The van der Waals surface area contributed by atoms with Gasteiger partial charge >= 0.3 is 0 Å². The number of nitro benzene ring substituents is 1. The number of nitro groups is 1. The normalized spacial score (nSPS) is 30.5. The van der Waals surface area contributed by atoms with Crippen LogP contribution in [0.5, 0.6) is 0 Å². The van der Waals surface area contributed by atoms with Crippen LogP contribution in [-0.4, -0.2) is 43.7 Å². The molecule has 4 fully saturated rings. The van der Waals surface area contributed by atoms with Crippen molar-refractivity contribution in [2.45, 2.75) is 43.4 Å². The van der Waals surface area contributed by atoms with Crippen molar-refractivity contribution in [3.8, 4) is 0 Å². The molecule has 8 nitrogen and oxygen atoms in total. The summed E-state index contributed by atoms with van der Waals surface area (Å²) in [6, 6.07) is 4.87. The lowest BCUT2D eigenvalue weighted by Gasteiger charge is -2.56. The number of sulfonamides is 1. The molecule has 4 bridgehead atoms. The van der Waals surface area contributed by atoms with Crippen molar-refractivity contribution in [3.63, 3.8) is 0 Å². The van der Waals surface area contributed by atoms with E-state index >= 15 is 0 Å². The van der Waals surface area contributed by atoms with Gasteiger partial charge in [0.15, 0.2) is 0 Å². The quantitative estimate of drug-likeness (QED) is 0.537. The van der Waals surface area contributed by atoms with E-state index < -0.39 is 14.9 Å². The van der Waals surface area contributed by atoms with Crippen LogP contribution in [0, 0.1) is 33.3 Å². The Morgan fingerprint density at radius 1 is 1.21 bits per heavy atom. The minimum atomic E-state index is -3.99. The number of nitrogens with one attached hydrogen (secondary N) is 1. The zero-order valence-corrected chi connectivity index (χ0v) is 17.4. The summed E-state index contributed by atoms with van der Waals surface area (Å²) >= 11 is 0. The average Bonchev–Trinajstić information content (AvgIpc) is 2.65. The van der Waals surface area contributed by atoms with Crippen LogP contribution in [0.3, 0.4) is 0 Å². The number of hydrogen-bond acceptors (Lipinski definition) is 5. The zero-order valence-electron chi connectivity index (χ0n) is 16.5. The van der Waals surface area contributed by atoms with E-state index in [1.54, 1.807) is 0 Å². The molecule has 0 atom stereocenters. The largest absolute Gasteiger partial charge is 0.354 e. The van der Waals surface area contributed by atoms with E-state index in [1.807, 2.05) is 0 Å². The second-order valence-corrected chi connectivity index (χ2v) is 11.3. The van der Waals surface area contributed by atoms with Crippen LogP contribution < -0.4 is 5.32 Å². The molecule has 1 aromatic carbocycles. The van der Waals surface area contributed by atoms with Crippen LogP contribution >= 0.6 is 0 Å². The van der Waals surface area contributed by atoms with E-state index in [1.165, 1.54) is 63.8 Å². The van der Waals surface area contributed by atoms with Gasteiger partial charge in [-0.3, -0.25) is 14.9 Å². The van der Waals surface area contributed by atoms with E-state index in [9.17, 15) is 23.3 Å². The number of hydrogen-bond donors (Lipinski definition) is 1. The molecule has 0 saturated heterocycles. The number of likely N-dealkylation sites (N-methyl/N-ethyl adjacent to an activating group) is 1. The summed E-state index contributed by atoms with van der Waals surface area (Å²) in [5.74, 6) is 2.03. The number of carbonyl (C=O) groups excluding carboxylic acids is 1. The van der Waals surface area contributed by atoms with Crippen molar-refractivity contribution < 1.29 is 18.1 Å². The SMILES string of the molecule is CN(CC(=O)NCC12CC3CC(CC(C3)C1)C2)S(=O)(=O)c1cccc([N+](=O)[O-])c1. The smallest absolute Gasteiger partial charge is 0.270 e. The Labute approximate surface area is 170 Å². The van der Waals surface area contributed by atoms with Crippen LogP contribution in [0.1, 0.15) is 38.5 Å². The maximum absolute atomic E-state index is 12.7. The summed E-state index contributed by atoms with van der Waals surface area (Å²) in [5.41, 5.74) is -0.118. The Morgan fingerprint density at radius 2 is 1.79 bits per heavy atom. The van der Waals surface area contributed by atoms with E-state index in [4.69, 9.17) is 0 Å². The van der Waals surface area contributed by atoms with Gasteiger partial charge in [-0.1, -0.05) is 6.07 Å². The first-order valence-corrected chi connectivity index (χ1v) is 11.6. The molecule has 0 aromatic heterocycles. The summed E-state index contributed by atoms with van der Waals surface area (Å²) < 4.78 is 26.3. The Bertz CT molecular complexity index is 895. The molecule has 158 valence electrons. The molecule has 0 radical (unpaired) electrons. The van der Waals surface area contributed by atoms with Gasteiger partial charge in [0.2, 0.25) is 15.9 Å². The lowest BCUT2D eigenvalue weighted by atomic mass is 9.49. The van der Waals surface area contributed by atoms with Crippen molar-refractivity contribution in [1.29, 1.82) is 0 Å². The topological polar surface area (TPSA) is 110 Å². The summed E-state index contributed by atoms with van der Waals surface area (Å²) in [5, 5.41) is 13.9. The molecular formula is C20H27N3O5S. The standard InChI is InChI=1S/C20H27N3O5S/c1-22(29(27,28)18-4-2-3-17(8-18)23(25)26)12-19(24)21-13-20-9-14-5-15(10-20)7-16(6-14)11-20/h2-4,8,14-16H,5-7,9-13H2,1H3,(H,21,24). The number of non-ortho nitro benzene ring substituents is 1. The van der Waals surface area contributed by atoms with Gasteiger partial charge in [0, 0.05) is 25.7 Å². The molecular weight excluding hydrogens is 394 g/mol. The van der Waals surface area contributed by atoms with Crippen molar-refractivity contribution in [2.75, 3.05) is 20.1 Å². The van der Waals surface area contributed by atoms with Gasteiger partial charge in [-0.15, -0.1) is 0 Å². The second-order valence-electron chi connectivity index (χ2n) is 9.21. The van der Waals surface area contributed by atoms with Crippen LogP contribution in [0.15, 0.2) is 29.2 Å². The first-order valence-electron chi connectivity index (χ1n) is 10.1. The molecule has 1 N–H and O–H groups in total. The number of nitrogens with zero attached hydrogens (tertiary/aromatic N) is 2. The maximum atomic E-state index is 12.7. The Morgan fingerprint density at radius 3 is 2.34 bits per heavy atom. The number of amides is 1. The average molecular weight is 422 g/mol. The van der Waals surface area contributed by atoms with Gasteiger partial charge < -0.3 is 5.32 Å².